The third kappa shape index (κ3) is 3.80. The molecule has 5 rings (SSSR count). The Morgan fingerprint density at radius 3 is 2.39 bits per heavy atom. The third-order valence-electron chi connectivity index (χ3n) is 6.59. The molecule has 0 unspecified atom stereocenters. The van der Waals surface area contributed by atoms with Crippen LogP contribution in [0.15, 0.2) is 79.3 Å². The van der Waals surface area contributed by atoms with E-state index in [4.69, 9.17) is 17.2 Å². The smallest absolute Gasteiger partial charge is 0.170 e. The van der Waals surface area contributed by atoms with Gasteiger partial charge in [-0.2, -0.15) is 0 Å². The Hall–Kier alpha value is -3.51. The van der Waals surface area contributed by atoms with Gasteiger partial charge in [0.15, 0.2) is 5.11 Å². The highest BCUT2D eigenvalue weighted by Crippen LogP contribution is 2.44. The molecule has 1 fully saturated rings. The summed E-state index contributed by atoms with van der Waals surface area (Å²) in [4.78, 5) is 11.3. The van der Waals surface area contributed by atoms with Gasteiger partial charge in [-0.15, -0.1) is 0 Å². The van der Waals surface area contributed by atoms with Crippen LogP contribution < -0.4 is 5.32 Å². The number of aromatic nitrogens is 3. The number of hydrogen-bond donors (Lipinski definition) is 1. The van der Waals surface area contributed by atoms with Gasteiger partial charge in [0.1, 0.15) is 0 Å². The lowest BCUT2D eigenvalue weighted by Gasteiger charge is -2.29. The van der Waals surface area contributed by atoms with Gasteiger partial charge in [-0.05, 0) is 74.4 Å². The van der Waals surface area contributed by atoms with Gasteiger partial charge in [-0.3, -0.25) is 9.97 Å². The van der Waals surface area contributed by atoms with Gasteiger partial charge in [0.25, 0.3) is 0 Å². The Morgan fingerprint density at radius 2 is 1.70 bits per heavy atom. The molecule has 0 bridgehead atoms. The van der Waals surface area contributed by atoms with Crippen molar-refractivity contribution in [2.45, 2.75) is 39.4 Å². The summed E-state index contributed by atoms with van der Waals surface area (Å²) in [5.74, 6) is 0. The van der Waals surface area contributed by atoms with Gasteiger partial charge in [0.2, 0.25) is 0 Å². The molecule has 4 heterocycles. The van der Waals surface area contributed by atoms with Crippen molar-refractivity contribution in [3.8, 4) is 5.69 Å². The summed E-state index contributed by atoms with van der Waals surface area (Å²) in [6.45, 7) is 7.31. The van der Waals surface area contributed by atoms with Gasteiger partial charge in [0, 0.05) is 47.8 Å². The fourth-order valence-electron chi connectivity index (χ4n) is 4.98. The maximum absolute atomic E-state index is 5.87. The first-order valence-electron chi connectivity index (χ1n) is 11.2. The Balaban J connectivity index is 1.67. The van der Waals surface area contributed by atoms with Crippen molar-refractivity contribution in [2.24, 2.45) is 0 Å². The second kappa shape index (κ2) is 8.79. The van der Waals surface area contributed by atoms with E-state index in [0.29, 0.717) is 6.54 Å². The molecule has 2 atom stereocenters. The molecule has 0 aliphatic carbocycles. The minimum atomic E-state index is -0.0428. The maximum Gasteiger partial charge on any atom is 0.170 e. The minimum Gasteiger partial charge on any atom is -0.352 e. The molecule has 1 N–H and O–H groups in total. The third-order valence-corrected chi connectivity index (χ3v) is 6.94. The number of para-hydroxylation sites is 1. The number of nitrogens with one attached hydrogen (secondary N) is 1. The summed E-state index contributed by atoms with van der Waals surface area (Å²) < 4.78 is 2.35. The van der Waals surface area contributed by atoms with Crippen LogP contribution in [0.1, 0.15) is 45.9 Å². The standard InChI is InChI=1S/C27H27N5S/c1-18-19(2)32(22-11-5-4-6-12-22)20(3)24(18)26-25(23-13-7-8-15-29-23)30-27(33)31(26)17-21-10-9-14-28-16-21/h4-16,25-26H,17H2,1-3H3,(H,30,33)/t25-,26-/m1/s1. The summed E-state index contributed by atoms with van der Waals surface area (Å²) in [7, 11) is 0. The highest BCUT2D eigenvalue weighted by atomic mass is 32.1. The highest BCUT2D eigenvalue weighted by molar-refractivity contribution is 7.80. The molecule has 33 heavy (non-hydrogen) atoms. The van der Waals surface area contributed by atoms with Gasteiger partial charge >= 0.3 is 0 Å². The normalized spacial score (nSPS) is 17.9. The van der Waals surface area contributed by atoms with Crippen molar-refractivity contribution in [3.63, 3.8) is 0 Å². The van der Waals surface area contributed by atoms with Gasteiger partial charge in [0.05, 0.1) is 17.8 Å². The topological polar surface area (TPSA) is 46.0 Å². The van der Waals surface area contributed by atoms with Crippen LogP contribution in [0.2, 0.25) is 0 Å². The first kappa shape index (κ1) is 21.3. The van der Waals surface area contributed by atoms with Crippen molar-refractivity contribution in [1.82, 2.24) is 24.8 Å². The second-order valence-corrected chi connectivity index (χ2v) is 8.88. The quantitative estimate of drug-likeness (QED) is 0.412. The van der Waals surface area contributed by atoms with E-state index in [1.165, 1.54) is 28.2 Å². The summed E-state index contributed by atoms with van der Waals surface area (Å²) in [6, 6.07) is 20.6. The predicted molar refractivity (Wildman–Crippen MR) is 135 cm³/mol. The van der Waals surface area contributed by atoms with Crippen LogP contribution in [0.25, 0.3) is 5.69 Å². The average Bonchev–Trinajstić information content (AvgIpc) is 3.27. The monoisotopic (exact) mass is 453 g/mol. The van der Waals surface area contributed by atoms with E-state index in [1.807, 2.05) is 30.6 Å². The van der Waals surface area contributed by atoms with E-state index in [9.17, 15) is 0 Å². The zero-order chi connectivity index (χ0) is 22.9. The summed E-state index contributed by atoms with van der Waals surface area (Å²) >= 11 is 5.87. The Bertz CT molecular complexity index is 1270. The van der Waals surface area contributed by atoms with E-state index >= 15 is 0 Å². The van der Waals surface area contributed by atoms with Crippen LogP contribution in [0.4, 0.5) is 0 Å². The fraction of sp³-hybridized carbons (Fsp3) is 0.222. The summed E-state index contributed by atoms with van der Waals surface area (Å²) in [6.07, 6.45) is 5.56. The minimum absolute atomic E-state index is 0.0104. The lowest BCUT2D eigenvalue weighted by molar-refractivity contribution is 0.309. The van der Waals surface area contributed by atoms with Crippen LogP contribution in [-0.4, -0.2) is 24.5 Å². The predicted octanol–water partition coefficient (Wildman–Crippen LogP) is 5.37. The number of hydrogen-bond acceptors (Lipinski definition) is 3. The Labute approximate surface area is 200 Å². The lowest BCUT2D eigenvalue weighted by atomic mass is 9.93. The van der Waals surface area contributed by atoms with Crippen LogP contribution >= 0.6 is 12.2 Å². The van der Waals surface area contributed by atoms with Crippen molar-refractivity contribution in [1.29, 1.82) is 0 Å². The molecular formula is C27H27N5S. The largest absolute Gasteiger partial charge is 0.352 e. The highest BCUT2D eigenvalue weighted by Gasteiger charge is 2.42. The number of thiocarbonyl (C=S) groups is 1. The van der Waals surface area contributed by atoms with E-state index in [2.05, 4.69) is 83.0 Å². The Kier molecular flexibility index (Phi) is 5.68. The van der Waals surface area contributed by atoms with E-state index in [-0.39, 0.29) is 12.1 Å². The molecule has 1 saturated heterocycles. The van der Waals surface area contributed by atoms with Gasteiger partial charge in [-0.25, -0.2) is 0 Å². The molecule has 0 radical (unpaired) electrons. The van der Waals surface area contributed by atoms with Gasteiger partial charge in [-0.1, -0.05) is 30.3 Å². The molecule has 0 spiro atoms. The van der Waals surface area contributed by atoms with Crippen molar-refractivity contribution in [2.75, 3.05) is 0 Å². The van der Waals surface area contributed by atoms with Gasteiger partial charge < -0.3 is 14.8 Å². The van der Waals surface area contributed by atoms with Crippen LogP contribution in [0.3, 0.4) is 0 Å². The SMILES string of the molecule is Cc1c([C@@H]2[C@@H](c3ccccn3)NC(=S)N2Cc2cccnc2)c(C)n(-c2ccccc2)c1C. The number of benzene rings is 1. The number of pyridine rings is 2. The van der Waals surface area contributed by atoms with Crippen LogP contribution in [0.5, 0.6) is 0 Å². The molecule has 166 valence electrons. The molecule has 1 aliphatic rings. The molecule has 5 nitrogen and oxygen atoms in total. The molecule has 0 amide bonds. The average molecular weight is 454 g/mol. The van der Waals surface area contributed by atoms with E-state index in [0.717, 1.165) is 16.4 Å². The molecule has 1 aliphatic heterocycles. The summed E-state index contributed by atoms with van der Waals surface area (Å²) in [5, 5.41) is 4.32. The molecule has 1 aromatic carbocycles. The van der Waals surface area contributed by atoms with Crippen molar-refractivity contribution >= 4 is 17.3 Å². The van der Waals surface area contributed by atoms with Crippen molar-refractivity contribution < 1.29 is 0 Å². The zero-order valence-electron chi connectivity index (χ0n) is 19.1. The lowest BCUT2D eigenvalue weighted by Crippen LogP contribution is -2.29. The van der Waals surface area contributed by atoms with Crippen LogP contribution in [-0.2, 0) is 6.54 Å². The molecule has 0 saturated carbocycles. The van der Waals surface area contributed by atoms with Crippen LogP contribution in [0, 0.1) is 20.8 Å². The first-order valence-corrected chi connectivity index (χ1v) is 11.6. The molecule has 6 heteroatoms. The Morgan fingerprint density at radius 1 is 0.909 bits per heavy atom. The zero-order valence-corrected chi connectivity index (χ0v) is 19.9. The van der Waals surface area contributed by atoms with E-state index in [1.54, 1.807) is 6.20 Å². The number of nitrogens with zero attached hydrogens (tertiary/aromatic N) is 4. The summed E-state index contributed by atoms with van der Waals surface area (Å²) in [5.41, 5.74) is 8.33. The maximum atomic E-state index is 5.87. The first-order chi connectivity index (χ1) is 16.1. The molecule has 4 aromatic rings. The molecule has 3 aromatic heterocycles. The molecular weight excluding hydrogens is 426 g/mol. The number of rotatable bonds is 5. The van der Waals surface area contributed by atoms with Crippen molar-refractivity contribution in [3.05, 3.63) is 113 Å². The second-order valence-electron chi connectivity index (χ2n) is 8.50. The van der Waals surface area contributed by atoms with E-state index < -0.39 is 0 Å². The fourth-order valence-corrected chi connectivity index (χ4v) is 5.29.